The van der Waals surface area contributed by atoms with Crippen molar-refractivity contribution in [1.82, 2.24) is 15.1 Å². The fraction of sp³-hybridized carbons (Fsp3) is 0.909. The number of nitrogens with one attached hydrogen (secondary N) is 1. The van der Waals surface area contributed by atoms with E-state index in [0.29, 0.717) is 19.1 Å². The van der Waals surface area contributed by atoms with Crippen molar-refractivity contribution in [3.8, 4) is 0 Å². The fourth-order valence-corrected chi connectivity index (χ4v) is 2.16. The van der Waals surface area contributed by atoms with Crippen LogP contribution in [0, 0.1) is 0 Å². The van der Waals surface area contributed by atoms with Gasteiger partial charge in [0.2, 0.25) is 5.91 Å². The number of carbonyl (C=O) groups is 1. The van der Waals surface area contributed by atoms with Gasteiger partial charge < -0.3 is 15.3 Å². The van der Waals surface area contributed by atoms with Gasteiger partial charge in [-0.15, -0.1) is 0 Å². The molecule has 1 amide bonds. The number of aliphatic hydroxyl groups is 1. The predicted octanol–water partition coefficient (Wildman–Crippen LogP) is -1.13. The molecule has 92 valence electrons. The van der Waals surface area contributed by atoms with Crippen LogP contribution in [-0.4, -0.2) is 72.7 Å². The summed E-state index contributed by atoms with van der Waals surface area (Å²) in [6.07, 6.45) is 2.21. The molecule has 0 aromatic carbocycles. The molecule has 1 aliphatic carbocycles. The second-order valence-electron chi connectivity index (χ2n) is 4.57. The third-order valence-corrected chi connectivity index (χ3v) is 3.22. The molecule has 0 aromatic rings. The second-order valence-corrected chi connectivity index (χ2v) is 4.57. The van der Waals surface area contributed by atoms with E-state index in [4.69, 9.17) is 5.11 Å². The van der Waals surface area contributed by atoms with Crippen molar-refractivity contribution >= 4 is 5.91 Å². The van der Waals surface area contributed by atoms with Crippen molar-refractivity contribution in [2.24, 2.45) is 0 Å². The normalized spacial score (nSPS) is 22.1. The van der Waals surface area contributed by atoms with E-state index in [1.807, 2.05) is 4.90 Å². The molecule has 0 bridgehead atoms. The van der Waals surface area contributed by atoms with Gasteiger partial charge in [-0.25, -0.2) is 0 Å². The van der Waals surface area contributed by atoms with Crippen LogP contribution in [0.2, 0.25) is 0 Å². The van der Waals surface area contributed by atoms with Crippen LogP contribution in [0.15, 0.2) is 0 Å². The van der Waals surface area contributed by atoms with Crippen LogP contribution in [0.4, 0.5) is 0 Å². The molecule has 1 heterocycles. The first-order valence-corrected chi connectivity index (χ1v) is 6.14. The second kappa shape index (κ2) is 5.61. The van der Waals surface area contributed by atoms with E-state index >= 15 is 0 Å². The van der Waals surface area contributed by atoms with Crippen LogP contribution in [0.25, 0.3) is 0 Å². The Bertz CT molecular complexity index is 237. The molecule has 16 heavy (non-hydrogen) atoms. The Hall–Kier alpha value is -0.650. The number of aliphatic hydroxyl groups excluding tert-OH is 1. The van der Waals surface area contributed by atoms with Gasteiger partial charge in [0.1, 0.15) is 0 Å². The quantitative estimate of drug-likeness (QED) is 0.624. The number of rotatable bonds is 5. The third-order valence-electron chi connectivity index (χ3n) is 3.22. The number of amides is 1. The highest BCUT2D eigenvalue weighted by atomic mass is 16.3. The lowest BCUT2D eigenvalue weighted by Gasteiger charge is -2.29. The van der Waals surface area contributed by atoms with Crippen molar-refractivity contribution in [2.45, 2.75) is 18.9 Å². The molecule has 2 fully saturated rings. The summed E-state index contributed by atoms with van der Waals surface area (Å²) >= 11 is 0. The van der Waals surface area contributed by atoms with Gasteiger partial charge in [0.05, 0.1) is 13.2 Å². The molecule has 0 radical (unpaired) electrons. The highest BCUT2D eigenvalue weighted by molar-refractivity contribution is 5.79. The summed E-state index contributed by atoms with van der Waals surface area (Å²) in [5, 5.41) is 12.2. The maximum absolute atomic E-state index is 12.0. The average molecular weight is 227 g/mol. The van der Waals surface area contributed by atoms with Crippen molar-refractivity contribution in [3.05, 3.63) is 0 Å². The first kappa shape index (κ1) is 11.8. The molecule has 2 aliphatic rings. The van der Waals surface area contributed by atoms with Crippen LogP contribution in [0.3, 0.4) is 0 Å². The average Bonchev–Trinajstić information content (AvgIpc) is 3.11. The van der Waals surface area contributed by atoms with E-state index < -0.39 is 0 Å². The van der Waals surface area contributed by atoms with E-state index in [1.165, 1.54) is 0 Å². The summed E-state index contributed by atoms with van der Waals surface area (Å²) in [5.41, 5.74) is 0. The largest absolute Gasteiger partial charge is 0.395 e. The lowest BCUT2D eigenvalue weighted by atomic mass is 10.3. The monoisotopic (exact) mass is 227 g/mol. The van der Waals surface area contributed by atoms with Gasteiger partial charge in [0.15, 0.2) is 0 Å². The summed E-state index contributed by atoms with van der Waals surface area (Å²) in [6, 6.07) is 0.405. The van der Waals surface area contributed by atoms with E-state index in [2.05, 4.69) is 10.2 Å². The molecule has 0 atom stereocenters. The molecule has 5 nitrogen and oxygen atoms in total. The van der Waals surface area contributed by atoms with Gasteiger partial charge in [-0.2, -0.15) is 0 Å². The van der Waals surface area contributed by atoms with Crippen LogP contribution >= 0.6 is 0 Å². The highest BCUT2D eigenvalue weighted by Gasteiger charge is 2.32. The SMILES string of the molecule is O=C(CN1CCNCC1)N(CCO)C1CC1. The minimum atomic E-state index is 0.0732. The summed E-state index contributed by atoms with van der Waals surface area (Å²) < 4.78 is 0. The van der Waals surface area contributed by atoms with E-state index in [0.717, 1.165) is 39.0 Å². The molecular formula is C11H21N3O2. The van der Waals surface area contributed by atoms with Crippen molar-refractivity contribution in [2.75, 3.05) is 45.9 Å². The molecular weight excluding hydrogens is 206 g/mol. The molecule has 1 saturated carbocycles. The molecule has 1 saturated heterocycles. The lowest BCUT2D eigenvalue weighted by Crippen LogP contribution is -2.49. The van der Waals surface area contributed by atoms with Crippen LogP contribution in [0.5, 0.6) is 0 Å². The third kappa shape index (κ3) is 3.17. The van der Waals surface area contributed by atoms with Crippen molar-refractivity contribution < 1.29 is 9.90 Å². The minimum Gasteiger partial charge on any atom is -0.395 e. The Morgan fingerprint density at radius 1 is 1.38 bits per heavy atom. The Labute approximate surface area is 96.4 Å². The van der Waals surface area contributed by atoms with Gasteiger partial charge in [-0.1, -0.05) is 0 Å². The molecule has 5 heteroatoms. The first-order chi connectivity index (χ1) is 7.81. The number of piperazine rings is 1. The highest BCUT2D eigenvalue weighted by Crippen LogP contribution is 2.26. The molecule has 2 N–H and O–H groups in total. The number of carbonyl (C=O) groups excluding carboxylic acids is 1. The fourth-order valence-electron chi connectivity index (χ4n) is 2.16. The van der Waals surface area contributed by atoms with E-state index in [1.54, 1.807) is 0 Å². The van der Waals surface area contributed by atoms with Crippen molar-refractivity contribution in [3.63, 3.8) is 0 Å². The maximum atomic E-state index is 12.0. The standard InChI is InChI=1S/C11H21N3O2/c15-8-7-14(10-1-2-10)11(16)9-13-5-3-12-4-6-13/h10,12,15H,1-9H2. The van der Waals surface area contributed by atoms with Gasteiger partial charge in [-0.3, -0.25) is 9.69 Å². The lowest BCUT2D eigenvalue weighted by molar-refractivity contribution is -0.133. The Kier molecular flexibility index (Phi) is 4.15. The number of hydrogen-bond acceptors (Lipinski definition) is 4. The van der Waals surface area contributed by atoms with Crippen LogP contribution in [-0.2, 0) is 4.79 Å². The van der Waals surface area contributed by atoms with Gasteiger partial charge in [0, 0.05) is 38.8 Å². The predicted molar refractivity (Wildman–Crippen MR) is 61.1 cm³/mol. The molecule has 0 unspecified atom stereocenters. The maximum Gasteiger partial charge on any atom is 0.237 e. The van der Waals surface area contributed by atoms with Crippen LogP contribution < -0.4 is 5.32 Å². The molecule has 2 rings (SSSR count). The minimum absolute atomic E-state index is 0.0732. The zero-order chi connectivity index (χ0) is 11.4. The summed E-state index contributed by atoms with van der Waals surface area (Å²) in [7, 11) is 0. The van der Waals surface area contributed by atoms with E-state index in [-0.39, 0.29) is 12.5 Å². The summed E-state index contributed by atoms with van der Waals surface area (Å²) in [6.45, 7) is 4.91. The Morgan fingerprint density at radius 3 is 2.62 bits per heavy atom. The Balaban J connectivity index is 1.79. The Morgan fingerprint density at radius 2 is 2.06 bits per heavy atom. The first-order valence-electron chi connectivity index (χ1n) is 6.14. The topological polar surface area (TPSA) is 55.8 Å². The molecule has 1 aliphatic heterocycles. The van der Waals surface area contributed by atoms with Gasteiger partial charge >= 0.3 is 0 Å². The summed E-state index contributed by atoms with van der Waals surface area (Å²) in [5.74, 6) is 0.179. The number of nitrogens with zero attached hydrogens (tertiary/aromatic N) is 2. The zero-order valence-corrected chi connectivity index (χ0v) is 9.69. The van der Waals surface area contributed by atoms with Crippen LogP contribution in [0.1, 0.15) is 12.8 Å². The van der Waals surface area contributed by atoms with E-state index in [9.17, 15) is 4.79 Å². The van der Waals surface area contributed by atoms with Gasteiger partial charge in [-0.05, 0) is 12.8 Å². The summed E-state index contributed by atoms with van der Waals surface area (Å²) in [4.78, 5) is 16.1. The smallest absolute Gasteiger partial charge is 0.237 e. The van der Waals surface area contributed by atoms with Gasteiger partial charge in [0.25, 0.3) is 0 Å². The molecule has 0 spiro atoms. The number of hydrogen-bond donors (Lipinski definition) is 2. The van der Waals surface area contributed by atoms with Crippen molar-refractivity contribution in [1.29, 1.82) is 0 Å². The molecule has 0 aromatic heterocycles. The zero-order valence-electron chi connectivity index (χ0n) is 9.69.